The van der Waals surface area contributed by atoms with Crippen LogP contribution in [0.5, 0.6) is 17.2 Å². The van der Waals surface area contributed by atoms with E-state index >= 15 is 0 Å². The number of imide groups is 1. The summed E-state index contributed by atoms with van der Waals surface area (Å²) in [6.45, 7) is 6.98. The molecule has 4 aromatic rings. The largest absolute Gasteiger partial charge is 0.512 e. The van der Waals surface area contributed by atoms with Gasteiger partial charge in [0.2, 0.25) is 5.91 Å². The van der Waals surface area contributed by atoms with Crippen LogP contribution in [0.15, 0.2) is 107 Å². The third kappa shape index (κ3) is 7.68. The number of aliphatic hydroxyl groups excluding tert-OH is 1. The molecule has 0 bridgehead atoms. The first-order valence-electron chi connectivity index (χ1n) is 19.3. The second kappa shape index (κ2) is 15.7. The number of halogens is 1. The van der Waals surface area contributed by atoms with Gasteiger partial charge < -0.3 is 19.5 Å². The lowest BCUT2D eigenvalue weighted by Gasteiger charge is -2.49. The van der Waals surface area contributed by atoms with Gasteiger partial charge in [-0.3, -0.25) is 24.6 Å². The summed E-state index contributed by atoms with van der Waals surface area (Å²) in [4.78, 5) is 45.5. The van der Waals surface area contributed by atoms with E-state index in [1.54, 1.807) is 24.4 Å². The Bertz CT molecular complexity index is 2200. The summed E-state index contributed by atoms with van der Waals surface area (Å²) in [6.07, 6.45) is 9.85. The van der Waals surface area contributed by atoms with Crippen LogP contribution in [0, 0.1) is 11.7 Å². The molecule has 1 saturated carbocycles. The monoisotopic (exact) mass is 760 g/mol. The van der Waals surface area contributed by atoms with Crippen molar-refractivity contribution in [3.05, 3.63) is 130 Å². The number of nitrogens with zero attached hydrogens (tertiary/aromatic N) is 5. The van der Waals surface area contributed by atoms with E-state index < -0.39 is 17.5 Å². The molecule has 2 aliphatic heterocycles. The molecule has 4 aliphatic rings. The highest BCUT2D eigenvalue weighted by Gasteiger charge is 2.47. The number of aliphatic hydroxyl groups is 1. The Morgan fingerprint density at radius 3 is 2.38 bits per heavy atom. The Morgan fingerprint density at radius 2 is 1.66 bits per heavy atom. The second-order valence-electron chi connectivity index (χ2n) is 15.2. The van der Waals surface area contributed by atoms with Crippen molar-refractivity contribution >= 4 is 17.6 Å². The number of carbonyl (C=O) groups is 2. The van der Waals surface area contributed by atoms with Gasteiger partial charge in [0.05, 0.1) is 18.2 Å². The Kier molecular flexibility index (Phi) is 10.4. The number of benzene rings is 2. The maximum Gasteiger partial charge on any atom is 0.271 e. The summed E-state index contributed by atoms with van der Waals surface area (Å²) in [7, 11) is 0. The highest BCUT2D eigenvalue weighted by Crippen LogP contribution is 2.56. The van der Waals surface area contributed by atoms with E-state index in [0.717, 1.165) is 67.4 Å². The fourth-order valence-corrected chi connectivity index (χ4v) is 8.78. The maximum atomic E-state index is 13.9. The van der Waals surface area contributed by atoms with Crippen LogP contribution in [0.25, 0.3) is 0 Å². The summed E-state index contributed by atoms with van der Waals surface area (Å²) in [5.74, 6) is 2.07. The summed E-state index contributed by atoms with van der Waals surface area (Å²) >= 11 is 0. The average Bonchev–Trinajstić information content (AvgIpc) is 3.20. The number of pyridine rings is 1. The quantitative estimate of drug-likeness (QED) is 0.186. The van der Waals surface area contributed by atoms with Crippen molar-refractivity contribution in [3.63, 3.8) is 0 Å². The molecule has 13 heteroatoms. The Morgan fingerprint density at radius 1 is 0.893 bits per heavy atom. The number of ether oxygens (including phenoxy) is 2. The number of anilines is 1. The SMILES string of the molecule is C[C@]1(c2ccc(OCCN3CCN(c4ccc(Oc5cnn(C6CCC(=O)NC6=O)c(=O)c5)cn4)CC3)cc2)C2=CC=C(O)CC2CC[C@H]1c1ccc(F)cc1. The summed E-state index contributed by atoms with van der Waals surface area (Å²) in [5, 5.41) is 16.7. The Hall–Kier alpha value is -5.82. The minimum atomic E-state index is -0.833. The Balaban J connectivity index is 0.828. The van der Waals surface area contributed by atoms with Gasteiger partial charge in [-0.15, -0.1) is 0 Å². The molecule has 3 fully saturated rings. The highest BCUT2D eigenvalue weighted by atomic mass is 19.1. The molecular formula is C43H45FN6O6. The number of hydrogen-bond acceptors (Lipinski definition) is 10. The third-order valence-electron chi connectivity index (χ3n) is 11.8. The van der Waals surface area contributed by atoms with E-state index in [2.05, 4.69) is 50.3 Å². The second-order valence-corrected chi connectivity index (χ2v) is 15.2. The zero-order valence-corrected chi connectivity index (χ0v) is 31.3. The fourth-order valence-electron chi connectivity index (χ4n) is 8.78. The van der Waals surface area contributed by atoms with Gasteiger partial charge in [-0.2, -0.15) is 5.10 Å². The first kappa shape index (κ1) is 37.1. The Labute approximate surface area is 324 Å². The lowest BCUT2D eigenvalue weighted by atomic mass is 9.55. The normalized spacial score (nSPS) is 24.1. The minimum absolute atomic E-state index is 0.148. The van der Waals surface area contributed by atoms with Gasteiger partial charge in [-0.25, -0.2) is 14.1 Å². The molecule has 290 valence electrons. The van der Waals surface area contributed by atoms with Crippen molar-refractivity contribution < 1.29 is 28.6 Å². The maximum absolute atomic E-state index is 13.9. The number of nitrogens with one attached hydrogen (secondary N) is 1. The van der Waals surface area contributed by atoms with Crippen LogP contribution in [0.4, 0.5) is 10.2 Å². The van der Waals surface area contributed by atoms with Crippen LogP contribution >= 0.6 is 0 Å². The predicted octanol–water partition coefficient (Wildman–Crippen LogP) is 5.97. The highest BCUT2D eigenvalue weighted by molar-refractivity contribution is 5.99. The first-order valence-corrected chi connectivity index (χ1v) is 19.3. The van der Waals surface area contributed by atoms with E-state index in [1.165, 1.54) is 23.4 Å². The number of rotatable bonds is 10. The van der Waals surface area contributed by atoms with Gasteiger partial charge in [-0.05, 0) is 84.7 Å². The number of hydrogen-bond donors (Lipinski definition) is 2. The number of piperazine rings is 1. The fraction of sp³-hybridized carbons (Fsp3) is 0.372. The standard InChI is InChI=1S/C43H45FN6O6/c1-43(36(28-2-7-31(44)8-3-28)13-4-29-24-32(51)9-14-37(29)43)30-5-10-33(11-6-30)55-23-22-48-18-20-49(21-19-48)39-16-12-34(26-45-39)56-35-25-41(53)50(46-27-35)38-15-17-40(52)47-42(38)54/h2-3,5-12,14,16,25-27,29,36,38,51H,4,13,15,17-24H2,1H3,(H,47,52,54)/t29?,36-,38?,43+/m0/s1. The van der Waals surface area contributed by atoms with Crippen LogP contribution in [-0.4, -0.2) is 75.9 Å². The summed E-state index contributed by atoms with van der Waals surface area (Å²) < 4.78 is 27.0. The third-order valence-corrected chi connectivity index (χ3v) is 11.8. The zero-order valence-electron chi connectivity index (χ0n) is 31.3. The number of carbonyl (C=O) groups excluding carboxylic acids is 2. The molecular weight excluding hydrogens is 716 g/mol. The molecule has 0 radical (unpaired) electrons. The van der Waals surface area contributed by atoms with Gasteiger partial charge in [0.15, 0.2) is 5.75 Å². The van der Waals surface area contributed by atoms with Crippen molar-refractivity contribution in [2.45, 2.75) is 56.4 Å². The van der Waals surface area contributed by atoms with Crippen molar-refractivity contribution in [2.24, 2.45) is 5.92 Å². The van der Waals surface area contributed by atoms with Gasteiger partial charge in [0.25, 0.3) is 11.5 Å². The van der Waals surface area contributed by atoms with Gasteiger partial charge in [0.1, 0.15) is 35.8 Å². The molecule has 2 aromatic heterocycles. The minimum Gasteiger partial charge on any atom is -0.512 e. The van der Waals surface area contributed by atoms with Crippen LogP contribution in [0.1, 0.15) is 62.1 Å². The van der Waals surface area contributed by atoms with Crippen LogP contribution < -0.4 is 25.2 Å². The van der Waals surface area contributed by atoms with E-state index in [9.17, 15) is 23.9 Å². The van der Waals surface area contributed by atoms with Crippen LogP contribution in [-0.2, 0) is 15.0 Å². The molecule has 12 nitrogen and oxygen atoms in total. The van der Waals surface area contributed by atoms with Crippen molar-refractivity contribution in [1.82, 2.24) is 25.0 Å². The van der Waals surface area contributed by atoms with Crippen molar-refractivity contribution in [3.8, 4) is 17.2 Å². The van der Waals surface area contributed by atoms with Crippen LogP contribution in [0.3, 0.4) is 0 Å². The van der Waals surface area contributed by atoms with Gasteiger partial charge in [-0.1, -0.05) is 42.8 Å². The smallest absolute Gasteiger partial charge is 0.271 e. The van der Waals surface area contributed by atoms with E-state index in [0.29, 0.717) is 24.5 Å². The zero-order chi connectivity index (χ0) is 38.8. The molecule has 2 N–H and O–H groups in total. The molecule has 2 aliphatic carbocycles. The predicted molar refractivity (Wildman–Crippen MR) is 207 cm³/mol. The van der Waals surface area contributed by atoms with E-state index in [4.69, 9.17) is 9.47 Å². The van der Waals surface area contributed by atoms with Gasteiger partial charge >= 0.3 is 0 Å². The lowest BCUT2D eigenvalue weighted by Crippen LogP contribution is -2.47. The number of fused-ring (bicyclic) bond motifs is 1. The molecule has 2 unspecified atom stereocenters. The average molecular weight is 761 g/mol. The first-order chi connectivity index (χ1) is 27.1. The molecule has 2 saturated heterocycles. The van der Waals surface area contributed by atoms with Gasteiger partial charge in [0, 0.05) is 57.0 Å². The molecule has 0 spiro atoms. The molecule has 2 amide bonds. The molecule has 4 atom stereocenters. The van der Waals surface area contributed by atoms with Crippen molar-refractivity contribution in [1.29, 1.82) is 0 Å². The van der Waals surface area contributed by atoms with E-state index in [-0.39, 0.29) is 47.6 Å². The molecule has 56 heavy (non-hydrogen) atoms. The number of aromatic nitrogens is 3. The van der Waals surface area contributed by atoms with Crippen molar-refractivity contribution in [2.75, 3.05) is 44.2 Å². The summed E-state index contributed by atoms with van der Waals surface area (Å²) in [5.41, 5.74) is 2.81. The molecule has 2 aromatic carbocycles. The van der Waals surface area contributed by atoms with Crippen LogP contribution in [0.2, 0.25) is 0 Å². The number of allylic oxidation sites excluding steroid dienone is 4. The molecule has 8 rings (SSSR count). The molecule has 4 heterocycles. The number of amides is 2. The van der Waals surface area contributed by atoms with E-state index in [1.807, 2.05) is 36.4 Å². The topological polar surface area (TPSA) is 139 Å². The number of piperidine rings is 1. The summed E-state index contributed by atoms with van der Waals surface area (Å²) in [6, 6.07) is 19.4. The lowest BCUT2D eigenvalue weighted by molar-refractivity contribution is -0.136.